The monoisotopic (exact) mass is 299 g/mol. The second-order valence-corrected chi connectivity index (χ2v) is 5.89. The van der Waals surface area contributed by atoms with E-state index < -0.39 is 0 Å². The van der Waals surface area contributed by atoms with E-state index in [1.54, 1.807) is 7.11 Å². The van der Waals surface area contributed by atoms with Crippen LogP contribution in [-0.4, -0.2) is 13.2 Å². The van der Waals surface area contributed by atoms with Gasteiger partial charge in [-0.15, -0.1) is 0 Å². The highest BCUT2D eigenvalue weighted by Crippen LogP contribution is 2.24. The summed E-state index contributed by atoms with van der Waals surface area (Å²) in [6.45, 7) is 6.39. The van der Waals surface area contributed by atoms with E-state index in [9.17, 15) is 0 Å². The van der Waals surface area contributed by atoms with E-state index in [0.29, 0.717) is 5.92 Å². The first kappa shape index (κ1) is 16.4. The first-order chi connectivity index (χ1) is 10.5. The van der Waals surface area contributed by atoms with E-state index >= 15 is 0 Å². The van der Waals surface area contributed by atoms with Crippen LogP contribution in [-0.2, 0) is 0 Å². The smallest absolute Gasteiger partial charge is 0.119 e. The second-order valence-electron chi connectivity index (χ2n) is 5.89. The Kier molecular flexibility index (Phi) is 5.45. The molecule has 22 heavy (non-hydrogen) atoms. The van der Waals surface area contributed by atoms with Crippen molar-refractivity contribution in [2.24, 2.45) is 11.7 Å². The van der Waals surface area contributed by atoms with Crippen LogP contribution in [0, 0.1) is 5.92 Å². The molecule has 2 N–H and O–H groups in total. The van der Waals surface area contributed by atoms with Crippen molar-refractivity contribution < 1.29 is 9.47 Å². The van der Waals surface area contributed by atoms with Crippen molar-refractivity contribution in [1.82, 2.24) is 0 Å². The molecule has 118 valence electrons. The maximum atomic E-state index is 6.33. The predicted molar refractivity (Wildman–Crippen MR) is 90.4 cm³/mol. The zero-order valence-electron chi connectivity index (χ0n) is 13.7. The molecule has 0 aromatic heterocycles. The molecule has 2 atom stereocenters. The van der Waals surface area contributed by atoms with Crippen LogP contribution in [0.5, 0.6) is 11.5 Å². The van der Waals surface area contributed by atoms with Crippen LogP contribution in [0.3, 0.4) is 0 Å². The van der Waals surface area contributed by atoms with Crippen LogP contribution in [0.1, 0.15) is 37.9 Å². The van der Waals surface area contributed by atoms with Gasteiger partial charge >= 0.3 is 0 Å². The van der Waals surface area contributed by atoms with Crippen molar-refractivity contribution >= 4 is 0 Å². The fraction of sp³-hybridized carbons (Fsp3) is 0.368. The quantitative estimate of drug-likeness (QED) is 0.870. The third-order valence-corrected chi connectivity index (χ3v) is 3.97. The van der Waals surface area contributed by atoms with Gasteiger partial charge in [0, 0.05) is 0 Å². The summed E-state index contributed by atoms with van der Waals surface area (Å²) in [5.41, 5.74) is 8.45. The first-order valence-corrected chi connectivity index (χ1v) is 7.67. The summed E-state index contributed by atoms with van der Waals surface area (Å²) in [5, 5.41) is 0. The molecule has 0 heterocycles. The molecule has 0 aliphatic heterocycles. The summed E-state index contributed by atoms with van der Waals surface area (Å²) < 4.78 is 11.1. The van der Waals surface area contributed by atoms with E-state index in [0.717, 1.165) is 22.6 Å². The Balaban J connectivity index is 2.08. The summed E-state index contributed by atoms with van der Waals surface area (Å²) in [4.78, 5) is 0. The molecule has 0 spiro atoms. The molecule has 0 fully saturated rings. The van der Waals surface area contributed by atoms with Crippen molar-refractivity contribution in [3.63, 3.8) is 0 Å². The standard InChI is InChI=1S/C19H25NO2/c1-13(2)14(3)22-18-11-7-16(8-12-18)19(20)15-5-9-17(21-4)10-6-15/h5-14,19H,20H2,1-4H3. The van der Waals surface area contributed by atoms with Gasteiger partial charge in [0.05, 0.1) is 19.3 Å². The van der Waals surface area contributed by atoms with Gasteiger partial charge < -0.3 is 15.2 Å². The third-order valence-electron chi connectivity index (χ3n) is 3.97. The molecule has 0 aliphatic rings. The summed E-state index contributed by atoms with van der Waals surface area (Å²) in [6, 6.07) is 15.7. The lowest BCUT2D eigenvalue weighted by molar-refractivity contribution is 0.170. The Morgan fingerprint density at radius 1 is 0.773 bits per heavy atom. The van der Waals surface area contributed by atoms with Crippen LogP contribution in [0.25, 0.3) is 0 Å². The van der Waals surface area contributed by atoms with Gasteiger partial charge in [0.15, 0.2) is 0 Å². The molecule has 2 aromatic carbocycles. The van der Waals surface area contributed by atoms with Gasteiger partial charge in [0.2, 0.25) is 0 Å². The Hall–Kier alpha value is -2.00. The lowest BCUT2D eigenvalue weighted by Crippen LogP contribution is -2.18. The van der Waals surface area contributed by atoms with Crippen LogP contribution in [0.4, 0.5) is 0 Å². The molecule has 3 nitrogen and oxygen atoms in total. The van der Waals surface area contributed by atoms with E-state index in [-0.39, 0.29) is 12.1 Å². The average molecular weight is 299 g/mol. The molecule has 3 heteroatoms. The van der Waals surface area contributed by atoms with E-state index in [1.807, 2.05) is 48.5 Å². The Bertz CT molecular complexity index is 575. The minimum Gasteiger partial charge on any atom is -0.497 e. The van der Waals surface area contributed by atoms with Crippen LogP contribution >= 0.6 is 0 Å². The molecule has 2 aromatic rings. The zero-order valence-corrected chi connectivity index (χ0v) is 13.7. The lowest BCUT2D eigenvalue weighted by Gasteiger charge is -2.19. The average Bonchev–Trinajstić information content (AvgIpc) is 2.55. The molecule has 0 saturated carbocycles. The fourth-order valence-electron chi connectivity index (χ4n) is 2.11. The zero-order chi connectivity index (χ0) is 16.1. The molecule has 0 radical (unpaired) electrons. The molecule has 0 aliphatic carbocycles. The predicted octanol–water partition coefficient (Wildman–Crippen LogP) is 4.17. The summed E-state index contributed by atoms with van der Waals surface area (Å²) >= 11 is 0. The topological polar surface area (TPSA) is 44.5 Å². The van der Waals surface area contributed by atoms with Gasteiger partial charge in [-0.3, -0.25) is 0 Å². The normalized spacial score (nSPS) is 13.7. The summed E-state index contributed by atoms with van der Waals surface area (Å²) in [7, 11) is 1.66. The number of nitrogens with two attached hydrogens (primary N) is 1. The van der Waals surface area contributed by atoms with Crippen LogP contribution in [0.2, 0.25) is 0 Å². The molecule has 0 bridgehead atoms. The number of hydrogen-bond acceptors (Lipinski definition) is 3. The van der Waals surface area contributed by atoms with Crippen molar-refractivity contribution in [1.29, 1.82) is 0 Å². The Morgan fingerprint density at radius 2 is 1.23 bits per heavy atom. The summed E-state index contributed by atoms with van der Waals surface area (Å²) in [5.74, 6) is 2.20. The minimum atomic E-state index is -0.150. The van der Waals surface area contributed by atoms with Crippen molar-refractivity contribution in [3.05, 3.63) is 59.7 Å². The number of rotatable bonds is 6. The highest BCUT2D eigenvalue weighted by atomic mass is 16.5. The van der Waals surface area contributed by atoms with Gasteiger partial charge in [-0.25, -0.2) is 0 Å². The van der Waals surface area contributed by atoms with Gasteiger partial charge in [-0.05, 0) is 48.2 Å². The SMILES string of the molecule is COc1ccc(C(N)c2ccc(OC(C)C(C)C)cc2)cc1. The molecular formula is C19H25NO2. The minimum absolute atomic E-state index is 0.150. The molecule has 2 rings (SSSR count). The number of ether oxygens (including phenoxy) is 2. The molecule has 0 saturated heterocycles. The molecule has 2 unspecified atom stereocenters. The fourth-order valence-corrected chi connectivity index (χ4v) is 2.11. The van der Waals surface area contributed by atoms with Crippen LogP contribution < -0.4 is 15.2 Å². The lowest BCUT2D eigenvalue weighted by atomic mass is 9.99. The maximum absolute atomic E-state index is 6.33. The van der Waals surface area contributed by atoms with Gasteiger partial charge in [-0.2, -0.15) is 0 Å². The van der Waals surface area contributed by atoms with Crippen molar-refractivity contribution in [3.8, 4) is 11.5 Å². The van der Waals surface area contributed by atoms with E-state index in [2.05, 4.69) is 20.8 Å². The maximum Gasteiger partial charge on any atom is 0.119 e. The van der Waals surface area contributed by atoms with Gasteiger partial charge in [0.1, 0.15) is 11.5 Å². The second kappa shape index (κ2) is 7.32. The highest BCUT2D eigenvalue weighted by Gasteiger charge is 2.11. The number of benzene rings is 2. The third kappa shape index (κ3) is 4.01. The van der Waals surface area contributed by atoms with E-state index in [4.69, 9.17) is 15.2 Å². The Morgan fingerprint density at radius 3 is 1.64 bits per heavy atom. The first-order valence-electron chi connectivity index (χ1n) is 7.67. The summed E-state index contributed by atoms with van der Waals surface area (Å²) in [6.07, 6.45) is 0.195. The Labute approximate surface area is 133 Å². The van der Waals surface area contributed by atoms with Crippen molar-refractivity contribution in [2.45, 2.75) is 32.9 Å². The molecule has 0 amide bonds. The number of hydrogen-bond donors (Lipinski definition) is 1. The van der Waals surface area contributed by atoms with Crippen LogP contribution in [0.15, 0.2) is 48.5 Å². The number of methoxy groups -OCH3 is 1. The highest BCUT2D eigenvalue weighted by molar-refractivity contribution is 5.37. The van der Waals surface area contributed by atoms with Crippen molar-refractivity contribution in [2.75, 3.05) is 7.11 Å². The molecular weight excluding hydrogens is 274 g/mol. The van der Waals surface area contributed by atoms with Gasteiger partial charge in [-0.1, -0.05) is 38.1 Å². The largest absolute Gasteiger partial charge is 0.497 e. The van der Waals surface area contributed by atoms with E-state index in [1.165, 1.54) is 0 Å². The van der Waals surface area contributed by atoms with Gasteiger partial charge in [0.25, 0.3) is 0 Å².